The van der Waals surface area contributed by atoms with E-state index >= 15 is 0 Å². The Morgan fingerprint density at radius 2 is 2.00 bits per heavy atom. The van der Waals surface area contributed by atoms with E-state index in [2.05, 4.69) is 18.0 Å². The molecular formula is C23H25N3O4. The topological polar surface area (TPSA) is 88.5 Å². The third-order valence-corrected chi connectivity index (χ3v) is 5.82. The number of rotatable bonds is 6. The molecule has 0 aliphatic carbocycles. The first-order valence-electron chi connectivity index (χ1n) is 10.3. The second-order valence-electron chi connectivity index (χ2n) is 7.54. The highest BCUT2D eigenvalue weighted by atomic mass is 16.6. The molecule has 4 rings (SSSR count). The van der Waals surface area contributed by atoms with Crippen LogP contribution in [0.3, 0.4) is 0 Å². The monoisotopic (exact) mass is 407 g/mol. The van der Waals surface area contributed by atoms with Crippen molar-refractivity contribution in [1.82, 2.24) is 9.88 Å². The molecule has 3 aromatic rings. The Morgan fingerprint density at radius 1 is 1.23 bits per heavy atom. The van der Waals surface area contributed by atoms with E-state index in [0.29, 0.717) is 26.3 Å². The molecule has 1 aromatic heterocycles. The molecule has 7 heteroatoms. The van der Waals surface area contributed by atoms with Gasteiger partial charge in [0, 0.05) is 54.7 Å². The van der Waals surface area contributed by atoms with E-state index in [1.807, 2.05) is 29.3 Å². The molecule has 2 aromatic carbocycles. The van der Waals surface area contributed by atoms with Gasteiger partial charge in [0.05, 0.1) is 18.1 Å². The lowest BCUT2D eigenvalue weighted by molar-refractivity contribution is -0.384. The van der Waals surface area contributed by atoms with Crippen molar-refractivity contribution >= 4 is 22.5 Å². The second-order valence-corrected chi connectivity index (χ2v) is 7.54. The normalized spacial score (nSPS) is 15.3. The summed E-state index contributed by atoms with van der Waals surface area (Å²) in [6.07, 6.45) is 3.09. The van der Waals surface area contributed by atoms with Crippen LogP contribution in [0, 0.1) is 10.1 Å². The standard InChI is InChI=1S/C23H25N3O4/c1-2-16-5-4-8-19-21(15-24-23(16)19)20(14-22(27)25-9-11-30-12-10-25)17-6-3-7-18(13-17)26(28)29/h3-8,13,15,20,24H,2,9-12,14H2,1H3/t20-/m1/s1. The van der Waals surface area contributed by atoms with Crippen LogP contribution in [0.5, 0.6) is 0 Å². The van der Waals surface area contributed by atoms with Crippen molar-refractivity contribution < 1.29 is 14.5 Å². The van der Waals surface area contributed by atoms with Crippen molar-refractivity contribution in [1.29, 1.82) is 0 Å². The van der Waals surface area contributed by atoms with Crippen molar-refractivity contribution in [2.24, 2.45) is 0 Å². The molecule has 1 atom stereocenters. The number of aryl methyl sites for hydroxylation is 1. The first kappa shape index (κ1) is 20.1. The van der Waals surface area contributed by atoms with Crippen LogP contribution in [0.1, 0.15) is 36.0 Å². The Hall–Kier alpha value is -3.19. The SMILES string of the molecule is CCc1cccc2c([C@H](CC(=O)N3CCOCC3)c3cccc([N+](=O)[O-])c3)c[nH]c12. The quantitative estimate of drug-likeness (QED) is 0.494. The molecule has 0 radical (unpaired) electrons. The molecule has 0 bridgehead atoms. The summed E-state index contributed by atoms with van der Waals surface area (Å²) in [4.78, 5) is 29.2. The minimum atomic E-state index is -0.394. The Morgan fingerprint density at radius 3 is 2.73 bits per heavy atom. The summed E-state index contributed by atoms with van der Waals surface area (Å²) in [5.41, 5.74) is 4.06. The third-order valence-electron chi connectivity index (χ3n) is 5.82. The zero-order valence-corrected chi connectivity index (χ0v) is 17.0. The van der Waals surface area contributed by atoms with Crippen molar-refractivity contribution in [3.05, 3.63) is 75.5 Å². The van der Waals surface area contributed by atoms with Gasteiger partial charge < -0.3 is 14.6 Å². The highest BCUT2D eigenvalue weighted by molar-refractivity contribution is 5.88. The maximum Gasteiger partial charge on any atom is 0.269 e. The largest absolute Gasteiger partial charge is 0.378 e. The molecule has 1 N–H and O–H groups in total. The van der Waals surface area contributed by atoms with Gasteiger partial charge in [0.15, 0.2) is 0 Å². The summed E-state index contributed by atoms with van der Waals surface area (Å²) in [6.45, 7) is 4.35. The summed E-state index contributed by atoms with van der Waals surface area (Å²) in [6, 6.07) is 12.8. The van der Waals surface area contributed by atoms with Gasteiger partial charge >= 0.3 is 0 Å². The minimum absolute atomic E-state index is 0.0328. The van der Waals surface area contributed by atoms with Crippen LogP contribution in [-0.4, -0.2) is 47.0 Å². The van der Waals surface area contributed by atoms with E-state index in [4.69, 9.17) is 4.74 Å². The zero-order chi connectivity index (χ0) is 21.1. The Bertz CT molecular complexity index is 1070. The number of benzene rings is 2. The zero-order valence-electron chi connectivity index (χ0n) is 17.0. The molecule has 1 amide bonds. The number of amides is 1. The summed E-state index contributed by atoms with van der Waals surface area (Å²) in [5, 5.41) is 12.4. The minimum Gasteiger partial charge on any atom is -0.378 e. The Labute approximate surface area is 174 Å². The van der Waals surface area contributed by atoms with E-state index in [1.165, 1.54) is 11.6 Å². The molecule has 1 saturated heterocycles. The van der Waals surface area contributed by atoms with Crippen molar-refractivity contribution in [2.45, 2.75) is 25.7 Å². The Kier molecular flexibility index (Phi) is 5.81. The number of carbonyl (C=O) groups excluding carboxylic acids is 1. The number of nitrogens with one attached hydrogen (secondary N) is 1. The fraction of sp³-hybridized carbons (Fsp3) is 0.348. The number of carbonyl (C=O) groups is 1. The van der Waals surface area contributed by atoms with E-state index in [1.54, 1.807) is 12.1 Å². The lowest BCUT2D eigenvalue weighted by Gasteiger charge is -2.28. The van der Waals surface area contributed by atoms with Crippen LogP contribution < -0.4 is 0 Å². The van der Waals surface area contributed by atoms with Gasteiger partial charge in [-0.25, -0.2) is 0 Å². The smallest absolute Gasteiger partial charge is 0.269 e. The van der Waals surface area contributed by atoms with Gasteiger partial charge in [-0.2, -0.15) is 0 Å². The van der Waals surface area contributed by atoms with Crippen molar-refractivity contribution in [2.75, 3.05) is 26.3 Å². The molecule has 2 heterocycles. The van der Waals surface area contributed by atoms with E-state index in [-0.39, 0.29) is 23.9 Å². The van der Waals surface area contributed by atoms with E-state index in [0.717, 1.165) is 28.5 Å². The average Bonchev–Trinajstić information content (AvgIpc) is 3.22. The fourth-order valence-electron chi connectivity index (χ4n) is 4.20. The molecule has 1 aliphatic heterocycles. The number of hydrogen-bond donors (Lipinski definition) is 1. The highest BCUT2D eigenvalue weighted by Gasteiger charge is 2.26. The lowest BCUT2D eigenvalue weighted by atomic mass is 9.87. The molecule has 1 aliphatic rings. The van der Waals surface area contributed by atoms with Crippen LogP contribution in [0.15, 0.2) is 48.7 Å². The molecule has 0 unspecified atom stereocenters. The number of para-hydroxylation sites is 1. The van der Waals surface area contributed by atoms with Gasteiger partial charge in [0.1, 0.15) is 0 Å². The van der Waals surface area contributed by atoms with Crippen molar-refractivity contribution in [3.8, 4) is 0 Å². The van der Waals surface area contributed by atoms with E-state index in [9.17, 15) is 14.9 Å². The number of fused-ring (bicyclic) bond motifs is 1. The average molecular weight is 407 g/mol. The van der Waals surface area contributed by atoms with E-state index < -0.39 is 4.92 Å². The van der Waals surface area contributed by atoms with Gasteiger partial charge in [0.2, 0.25) is 5.91 Å². The summed E-state index contributed by atoms with van der Waals surface area (Å²) in [5.74, 6) is -0.239. The van der Waals surface area contributed by atoms with Crippen molar-refractivity contribution in [3.63, 3.8) is 0 Å². The molecule has 1 fully saturated rings. The number of nitro benzene ring substituents is 1. The van der Waals surface area contributed by atoms with Gasteiger partial charge in [0.25, 0.3) is 5.69 Å². The van der Waals surface area contributed by atoms with Crippen LogP contribution in [0.25, 0.3) is 10.9 Å². The number of aromatic amines is 1. The molecule has 7 nitrogen and oxygen atoms in total. The van der Waals surface area contributed by atoms with Gasteiger partial charge in [-0.05, 0) is 23.1 Å². The third kappa shape index (κ3) is 3.93. The number of ether oxygens (including phenoxy) is 1. The second kappa shape index (κ2) is 8.67. The summed E-state index contributed by atoms with van der Waals surface area (Å²) in [7, 11) is 0. The molecule has 0 spiro atoms. The Balaban J connectivity index is 1.77. The van der Waals surface area contributed by atoms with Gasteiger partial charge in [-0.1, -0.05) is 37.3 Å². The van der Waals surface area contributed by atoms with Crippen LogP contribution in [0.4, 0.5) is 5.69 Å². The lowest BCUT2D eigenvalue weighted by Crippen LogP contribution is -2.41. The maximum atomic E-state index is 13.1. The van der Waals surface area contributed by atoms with Crippen LogP contribution >= 0.6 is 0 Å². The molecular weight excluding hydrogens is 382 g/mol. The molecule has 0 saturated carbocycles. The highest BCUT2D eigenvalue weighted by Crippen LogP contribution is 2.36. The van der Waals surface area contributed by atoms with Gasteiger partial charge in [-0.3, -0.25) is 14.9 Å². The number of nitro groups is 1. The molecule has 156 valence electrons. The number of aromatic nitrogens is 1. The maximum absolute atomic E-state index is 13.1. The number of non-ortho nitro benzene ring substituents is 1. The predicted octanol–water partition coefficient (Wildman–Crippen LogP) is 4.02. The number of nitrogens with zero attached hydrogens (tertiary/aromatic N) is 2. The van der Waals surface area contributed by atoms with Crippen LogP contribution in [-0.2, 0) is 16.0 Å². The number of hydrogen-bond acceptors (Lipinski definition) is 4. The number of H-pyrrole nitrogens is 1. The summed E-state index contributed by atoms with van der Waals surface area (Å²) < 4.78 is 5.36. The van der Waals surface area contributed by atoms with Gasteiger partial charge in [-0.15, -0.1) is 0 Å². The molecule has 30 heavy (non-hydrogen) atoms. The number of morpholine rings is 1. The fourth-order valence-corrected chi connectivity index (χ4v) is 4.20. The van der Waals surface area contributed by atoms with Crippen LogP contribution in [0.2, 0.25) is 0 Å². The predicted molar refractivity (Wildman–Crippen MR) is 115 cm³/mol. The first-order valence-corrected chi connectivity index (χ1v) is 10.3. The summed E-state index contributed by atoms with van der Waals surface area (Å²) >= 11 is 0. The first-order chi connectivity index (χ1) is 14.6.